The molecule has 1 aliphatic heterocycles. The number of benzene rings is 3. The second-order valence-electron chi connectivity index (χ2n) is 9.10. The number of para-hydroxylation sites is 1. The van der Waals surface area contributed by atoms with Crippen LogP contribution in [0.2, 0.25) is 5.02 Å². The Balaban J connectivity index is 1.45. The molecule has 0 saturated heterocycles. The third kappa shape index (κ3) is 5.68. The number of halogens is 2. The molecule has 0 bridgehead atoms. The summed E-state index contributed by atoms with van der Waals surface area (Å²) in [4.78, 5) is 20.0. The van der Waals surface area contributed by atoms with Crippen LogP contribution in [0.4, 0.5) is 11.4 Å². The molecule has 0 saturated carbocycles. The Morgan fingerprint density at radius 1 is 1.03 bits per heavy atom. The van der Waals surface area contributed by atoms with Crippen LogP contribution in [-0.2, 0) is 11.2 Å². The number of allylic oxidation sites excluding steroid dienone is 4. The van der Waals surface area contributed by atoms with E-state index in [9.17, 15) is 4.79 Å². The molecule has 5 nitrogen and oxygen atoms in total. The lowest BCUT2D eigenvalue weighted by Crippen LogP contribution is -2.47. The lowest BCUT2D eigenvalue weighted by Gasteiger charge is -2.22. The van der Waals surface area contributed by atoms with E-state index in [4.69, 9.17) is 40.4 Å². The van der Waals surface area contributed by atoms with Crippen molar-refractivity contribution in [2.45, 2.75) is 25.4 Å². The van der Waals surface area contributed by atoms with Crippen molar-refractivity contribution in [2.75, 3.05) is 17.3 Å². The molecule has 0 radical (unpaired) electrons. The van der Waals surface area contributed by atoms with Crippen LogP contribution in [-0.4, -0.2) is 29.9 Å². The van der Waals surface area contributed by atoms with E-state index >= 15 is 0 Å². The lowest BCUT2D eigenvalue weighted by atomic mass is 9.96. The predicted octanol–water partition coefficient (Wildman–Crippen LogP) is 6.85. The number of fused-ring (bicyclic) bond motifs is 1. The summed E-state index contributed by atoms with van der Waals surface area (Å²) in [6.45, 7) is 0. The van der Waals surface area contributed by atoms with Gasteiger partial charge in [0.15, 0.2) is 5.11 Å². The summed E-state index contributed by atoms with van der Waals surface area (Å²) in [5.74, 6) is -0.248. The van der Waals surface area contributed by atoms with Crippen molar-refractivity contribution < 1.29 is 4.79 Å². The molecule has 38 heavy (non-hydrogen) atoms. The summed E-state index contributed by atoms with van der Waals surface area (Å²) >= 11 is 18.6. The van der Waals surface area contributed by atoms with Crippen molar-refractivity contribution in [3.05, 3.63) is 117 Å². The largest absolute Gasteiger partial charge is 0.333 e. The zero-order valence-electron chi connectivity index (χ0n) is 20.7. The standard InChI is InChI=1S/C30H26Cl2N4OS/c1-36-26-16-15-21(31)18-23(26)27(22-12-6-7-13-24(22)32)34-28(29(36)37)35-30(38)33-25-14-8-5-11-20(25)17-19-9-3-2-4-10-19/h2-5,8-16,18,28H,6-7,17H2,1H3,(H2,33,35,38). The molecule has 0 aromatic heterocycles. The zero-order chi connectivity index (χ0) is 26.6. The first-order chi connectivity index (χ1) is 18.4. The van der Waals surface area contributed by atoms with Gasteiger partial charge in [-0.05, 0) is 66.9 Å². The minimum Gasteiger partial charge on any atom is -0.333 e. The van der Waals surface area contributed by atoms with Crippen LogP contribution in [0.15, 0.2) is 101 Å². The van der Waals surface area contributed by atoms with Crippen LogP contribution < -0.4 is 15.5 Å². The third-order valence-electron chi connectivity index (χ3n) is 6.52. The Morgan fingerprint density at radius 3 is 2.55 bits per heavy atom. The van der Waals surface area contributed by atoms with Gasteiger partial charge in [-0.3, -0.25) is 4.79 Å². The Kier molecular flexibility index (Phi) is 7.93. The topological polar surface area (TPSA) is 56.7 Å². The molecule has 1 amide bonds. The monoisotopic (exact) mass is 560 g/mol. The van der Waals surface area contributed by atoms with Gasteiger partial charge in [-0.15, -0.1) is 0 Å². The van der Waals surface area contributed by atoms with E-state index in [1.807, 2.05) is 54.6 Å². The number of thiocarbonyl (C=S) groups is 1. The van der Waals surface area contributed by atoms with E-state index in [2.05, 4.69) is 34.9 Å². The number of benzodiazepines with no additional fused rings is 1. The molecule has 1 unspecified atom stereocenters. The van der Waals surface area contributed by atoms with Crippen molar-refractivity contribution >= 4 is 63.5 Å². The van der Waals surface area contributed by atoms with Gasteiger partial charge in [-0.2, -0.15) is 0 Å². The zero-order valence-corrected chi connectivity index (χ0v) is 23.1. The van der Waals surface area contributed by atoms with Crippen molar-refractivity contribution in [3.8, 4) is 0 Å². The number of amides is 1. The smallest absolute Gasteiger partial charge is 0.272 e. The Morgan fingerprint density at radius 2 is 1.76 bits per heavy atom. The Hall–Kier alpha value is -3.45. The fourth-order valence-electron chi connectivity index (χ4n) is 4.60. The predicted molar refractivity (Wildman–Crippen MR) is 161 cm³/mol. The minimum absolute atomic E-state index is 0.248. The summed E-state index contributed by atoms with van der Waals surface area (Å²) in [5.41, 5.74) is 5.97. The van der Waals surface area contributed by atoms with Crippen LogP contribution in [0, 0.1) is 0 Å². The van der Waals surface area contributed by atoms with Gasteiger partial charge in [0, 0.05) is 33.9 Å². The molecule has 3 aromatic carbocycles. The maximum absolute atomic E-state index is 13.6. The molecule has 0 spiro atoms. The highest BCUT2D eigenvalue weighted by molar-refractivity contribution is 7.80. The van der Waals surface area contributed by atoms with Crippen molar-refractivity contribution in [1.82, 2.24) is 5.32 Å². The van der Waals surface area contributed by atoms with Gasteiger partial charge in [0.2, 0.25) is 6.17 Å². The summed E-state index contributed by atoms with van der Waals surface area (Å²) in [6.07, 6.45) is 5.49. The number of aliphatic imine (C=N–C) groups is 1. The number of hydrogen-bond acceptors (Lipinski definition) is 3. The SMILES string of the molecule is CN1C(=O)C(NC(=S)Nc2ccccc2Cc2ccccc2)N=C(C2=CCCC=C2Cl)c2cc(Cl)ccc21. The molecule has 2 aliphatic rings. The van der Waals surface area contributed by atoms with Crippen LogP contribution in [0.3, 0.4) is 0 Å². The molecule has 3 aromatic rings. The van der Waals surface area contributed by atoms with Crippen molar-refractivity contribution in [3.63, 3.8) is 0 Å². The molecule has 0 fully saturated rings. The van der Waals surface area contributed by atoms with Crippen LogP contribution in [0.1, 0.15) is 29.5 Å². The normalized spacial score (nSPS) is 17.0. The molecular formula is C30H26Cl2N4OS. The van der Waals surface area contributed by atoms with E-state index in [0.717, 1.165) is 41.6 Å². The highest BCUT2D eigenvalue weighted by Gasteiger charge is 2.32. The van der Waals surface area contributed by atoms with Gasteiger partial charge >= 0.3 is 0 Å². The third-order valence-corrected chi connectivity index (χ3v) is 7.33. The van der Waals surface area contributed by atoms with Crippen LogP contribution >= 0.6 is 35.4 Å². The number of rotatable bonds is 5. The molecular weight excluding hydrogens is 535 g/mol. The second-order valence-corrected chi connectivity index (χ2v) is 10.4. The van der Waals surface area contributed by atoms with Crippen molar-refractivity contribution in [1.29, 1.82) is 0 Å². The summed E-state index contributed by atoms with van der Waals surface area (Å²) < 4.78 is 0. The molecule has 1 aliphatic carbocycles. The van der Waals surface area contributed by atoms with Crippen LogP contribution in [0.25, 0.3) is 0 Å². The van der Waals surface area contributed by atoms with E-state index in [-0.39, 0.29) is 5.91 Å². The average molecular weight is 562 g/mol. The van der Waals surface area contributed by atoms with Crippen LogP contribution in [0.5, 0.6) is 0 Å². The lowest BCUT2D eigenvalue weighted by molar-refractivity contribution is -0.119. The van der Waals surface area contributed by atoms with Gasteiger partial charge in [0.1, 0.15) is 0 Å². The van der Waals surface area contributed by atoms with Gasteiger partial charge in [0.05, 0.1) is 11.4 Å². The molecule has 2 N–H and O–H groups in total. The molecule has 1 heterocycles. The fourth-order valence-corrected chi connectivity index (χ4v) is 5.27. The Labute approximate surface area is 237 Å². The fraction of sp³-hybridized carbons (Fsp3) is 0.167. The van der Waals surface area contributed by atoms with E-state index < -0.39 is 6.17 Å². The highest BCUT2D eigenvalue weighted by Crippen LogP contribution is 2.34. The van der Waals surface area contributed by atoms with Gasteiger partial charge in [-0.1, -0.05) is 83.9 Å². The number of carbonyl (C=O) groups excluding carboxylic acids is 1. The first-order valence-electron chi connectivity index (χ1n) is 12.3. The first-order valence-corrected chi connectivity index (χ1v) is 13.5. The number of likely N-dealkylation sites (N-methyl/N-ethyl adjacent to an activating group) is 1. The molecule has 1 atom stereocenters. The summed E-state index contributed by atoms with van der Waals surface area (Å²) in [7, 11) is 1.72. The Bertz CT molecular complexity index is 1480. The number of nitrogens with one attached hydrogen (secondary N) is 2. The quantitative estimate of drug-likeness (QED) is 0.335. The molecule has 8 heteroatoms. The maximum atomic E-state index is 13.6. The maximum Gasteiger partial charge on any atom is 0.272 e. The van der Waals surface area contributed by atoms with E-state index in [1.165, 1.54) is 5.56 Å². The van der Waals surface area contributed by atoms with Gasteiger partial charge in [0.25, 0.3) is 5.91 Å². The molecule has 192 valence electrons. The summed E-state index contributed by atoms with van der Waals surface area (Å²) in [5, 5.41) is 7.85. The highest BCUT2D eigenvalue weighted by atomic mass is 35.5. The van der Waals surface area contributed by atoms with E-state index in [1.54, 1.807) is 18.0 Å². The van der Waals surface area contributed by atoms with Crippen molar-refractivity contribution in [2.24, 2.45) is 4.99 Å². The first kappa shape index (κ1) is 26.2. The number of hydrogen-bond donors (Lipinski definition) is 2. The van der Waals surface area contributed by atoms with Gasteiger partial charge < -0.3 is 15.5 Å². The minimum atomic E-state index is -0.963. The number of anilines is 2. The summed E-state index contributed by atoms with van der Waals surface area (Å²) in [6, 6.07) is 23.6. The number of carbonyl (C=O) groups is 1. The van der Waals surface area contributed by atoms with Gasteiger partial charge in [-0.25, -0.2) is 4.99 Å². The number of nitrogens with zero attached hydrogens (tertiary/aromatic N) is 2. The van der Waals surface area contributed by atoms with E-state index in [0.29, 0.717) is 26.6 Å². The second kappa shape index (κ2) is 11.5. The molecule has 5 rings (SSSR count). The average Bonchev–Trinajstić information content (AvgIpc) is 3.01.